The van der Waals surface area contributed by atoms with E-state index in [9.17, 15) is 4.79 Å². The fraction of sp³-hybridized carbons (Fsp3) is 0.632. The number of benzene rings is 1. The maximum atomic E-state index is 13.1. The van der Waals surface area contributed by atoms with Crippen molar-refractivity contribution < 1.29 is 9.53 Å². The predicted molar refractivity (Wildman–Crippen MR) is 87.9 cm³/mol. The third-order valence-electron chi connectivity index (χ3n) is 5.34. The number of carbonyl (C=O) groups is 1. The second kappa shape index (κ2) is 6.72. The lowest BCUT2D eigenvalue weighted by atomic mass is 9.92. The third-order valence-corrected chi connectivity index (χ3v) is 5.34. The highest BCUT2D eigenvalue weighted by Gasteiger charge is 2.46. The minimum absolute atomic E-state index is 0.225. The Hall–Kier alpha value is -1.51. The Morgan fingerprint density at radius 2 is 1.82 bits per heavy atom. The molecule has 0 spiro atoms. The predicted octanol–water partition coefficient (Wildman–Crippen LogP) is 4.03. The summed E-state index contributed by atoms with van der Waals surface area (Å²) in [6.45, 7) is 4.05. The van der Waals surface area contributed by atoms with Crippen molar-refractivity contribution in [3.63, 3.8) is 0 Å². The molecule has 0 aromatic heterocycles. The lowest BCUT2D eigenvalue weighted by molar-refractivity contribution is -0.149. The van der Waals surface area contributed by atoms with Crippen molar-refractivity contribution in [2.24, 2.45) is 5.92 Å². The molecule has 0 N–H and O–H groups in total. The number of carbonyl (C=O) groups excluding carboxylic acids is 1. The van der Waals surface area contributed by atoms with Gasteiger partial charge in [0.25, 0.3) is 5.91 Å². The van der Waals surface area contributed by atoms with E-state index in [4.69, 9.17) is 4.74 Å². The summed E-state index contributed by atoms with van der Waals surface area (Å²) in [5.41, 5.74) is -0.611. The van der Waals surface area contributed by atoms with Crippen LogP contribution in [0.5, 0.6) is 5.75 Å². The topological polar surface area (TPSA) is 29.5 Å². The fourth-order valence-electron chi connectivity index (χ4n) is 3.85. The highest BCUT2D eigenvalue weighted by atomic mass is 16.5. The summed E-state index contributed by atoms with van der Waals surface area (Å²) in [5, 5.41) is 0. The molecule has 1 aliphatic heterocycles. The van der Waals surface area contributed by atoms with Gasteiger partial charge in [-0.05, 0) is 56.6 Å². The van der Waals surface area contributed by atoms with E-state index in [0.717, 1.165) is 63.3 Å². The van der Waals surface area contributed by atoms with Crippen LogP contribution in [0, 0.1) is 5.92 Å². The van der Waals surface area contributed by atoms with Gasteiger partial charge in [0.2, 0.25) is 0 Å². The summed E-state index contributed by atoms with van der Waals surface area (Å²) in [7, 11) is 0. The van der Waals surface area contributed by atoms with E-state index in [1.54, 1.807) is 0 Å². The molecule has 22 heavy (non-hydrogen) atoms. The number of piperidine rings is 1. The zero-order valence-corrected chi connectivity index (χ0v) is 13.6. The molecule has 2 aliphatic rings. The van der Waals surface area contributed by atoms with E-state index in [0.29, 0.717) is 0 Å². The Morgan fingerprint density at radius 1 is 1.18 bits per heavy atom. The van der Waals surface area contributed by atoms with Crippen molar-refractivity contribution in [3.05, 3.63) is 30.3 Å². The van der Waals surface area contributed by atoms with Gasteiger partial charge >= 0.3 is 0 Å². The largest absolute Gasteiger partial charge is 0.477 e. The minimum Gasteiger partial charge on any atom is -0.477 e. The quantitative estimate of drug-likeness (QED) is 0.840. The van der Waals surface area contributed by atoms with Gasteiger partial charge in [0.15, 0.2) is 5.60 Å². The highest BCUT2D eigenvalue weighted by Crippen LogP contribution is 2.37. The summed E-state index contributed by atoms with van der Waals surface area (Å²) in [5.74, 6) is 1.84. The van der Waals surface area contributed by atoms with Crippen LogP contribution in [-0.2, 0) is 4.79 Å². The SMILES string of the molecule is CCC1CCN(C(=O)C2(Oc3ccccc3)CCCC2)CC1. The molecule has 120 valence electrons. The average molecular weight is 301 g/mol. The molecule has 1 saturated heterocycles. The molecule has 1 aromatic rings. The fourth-order valence-corrected chi connectivity index (χ4v) is 3.85. The number of para-hydroxylation sites is 1. The van der Waals surface area contributed by atoms with E-state index in [1.807, 2.05) is 30.3 Å². The highest BCUT2D eigenvalue weighted by molar-refractivity contribution is 5.86. The molecule has 1 amide bonds. The van der Waals surface area contributed by atoms with Crippen molar-refractivity contribution in [2.75, 3.05) is 13.1 Å². The number of ether oxygens (including phenoxy) is 1. The smallest absolute Gasteiger partial charge is 0.266 e. The van der Waals surface area contributed by atoms with Crippen LogP contribution in [0.15, 0.2) is 30.3 Å². The lowest BCUT2D eigenvalue weighted by Gasteiger charge is -2.38. The van der Waals surface area contributed by atoms with Crippen LogP contribution in [0.2, 0.25) is 0 Å². The average Bonchev–Trinajstić information content (AvgIpc) is 3.05. The van der Waals surface area contributed by atoms with E-state index < -0.39 is 5.60 Å². The van der Waals surface area contributed by atoms with Gasteiger partial charge in [-0.1, -0.05) is 31.5 Å². The first-order valence-electron chi connectivity index (χ1n) is 8.77. The number of rotatable bonds is 4. The molecule has 0 bridgehead atoms. The van der Waals surface area contributed by atoms with Crippen molar-refractivity contribution in [1.29, 1.82) is 0 Å². The number of likely N-dealkylation sites (tertiary alicyclic amines) is 1. The molecule has 3 rings (SSSR count). The van der Waals surface area contributed by atoms with Gasteiger partial charge in [-0.25, -0.2) is 0 Å². The van der Waals surface area contributed by atoms with E-state index in [1.165, 1.54) is 6.42 Å². The van der Waals surface area contributed by atoms with Gasteiger partial charge in [-0.2, -0.15) is 0 Å². The second-order valence-corrected chi connectivity index (χ2v) is 6.76. The monoisotopic (exact) mass is 301 g/mol. The molecule has 3 heteroatoms. The van der Waals surface area contributed by atoms with E-state index in [-0.39, 0.29) is 5.91 Å². The minimum atomic E-state index is -0.611. The van der Waals surface area contributed by atoms with Gasteiger partial charge in [0, 0.05) is 13.1 Å². The Bertz CT molecular complexity index is 485. The van der Waals surface area contributed by atoms with Gasteiger partial charge < -0.3 is 9.64 Å². The Morgan fingerprint density at radius 3 is 2.41 bits per heavy atom. The van der Waals surface area contributed by atoms with Crippen LogP contribution in [0.3, 0.4) is 0 Å². The van der Waals surface area contributed by atoms with E-state index in [2.05, 4.69) is 11.8 Å². The van der Waals surface area contributed by atoms with Crippen LogP contribution in [0.25, 0.3) is 0 Å². The second-order valence-electron chi connectivity index (χ2n) is 6.76. The molecule has 1 saturated carbocycles. The standard InChI is InChI=1S/C19H27NO2/c1-2-16-10-14-20(15-11-16)18(21)19(12-6-7-13-19)22-17-8-4-3-5-9-17/h3-5,8-9,16H,2,6-7,10-15H2,1H3. The van der Waals surface area contributed by atoms with Crippen molar-refractivity contribution in [2.45, 2.75) is 57.5 Å². The molecule has 2 fully saturated rings. The first-order chi connectivity index (χ1) is 10.7. The van der Waals surface area contributed by atoms with Crippen LogP contribution < -0.4 is 4.74 Å². The number of hydrogen-bond acceptors (Lipinski definition) is 2. The number of amides is 1. The molecule has 0 unspecified atom stereocenters. The summed E-state index contributed by atoms with van der Waals surface area (Å²) < 4.78 is 6.24. The van der Waals surface area contributed by atoms with Crippen LogP contribution in [0.4, 0.5) is 0 Å². The van der Waals surface area contributed by atoms with Gasteiger partial charge in [0.05, 0.1) is 0 Å². The summed E-state index contributed by atoms with van der Waals surface area (Å²) in [6, 6.07) is 9.82. The van der Waals surface area contributed by atoms with Gasteiger partial charge in [-0.3, -0.25) is 4.79 Å². The molecule has 1 heterocycles. The molecule has 3 nitrogen and oxygen atoms in total. The zero-order chi connectivity index (χ0) is 15.4. The summed E-state index contributed by atoms with van der Waals surface area (Å²) in [6.07, 6.45) is 7.40. The first kappa shape index (κ1) is 15.4. The van der Waals surface area contributed by atoms with Gasteiger partial charge in [-0.15, -0.1) is 0 Å². The first-order valence-corrected chi connectivity index (χ1v) is 8.77. The number of nitrogens with zero attached hydrogens (tertiary/aromatic N) is 1. The van der Waals surface area contributed by atoms with Crippen LogP contribution in [0.1, 0.15) is 51.9 Å². The molecule has 1 aliphatic carbocycles. The molecular formula is C19H27NO2. The van der Waals surface area contributed by atoms with Crippen molar-refractivity contribution in [3.8, 4) is 5.75 Å². The van der Waals surface area contributed by atoms with Crippen LogP contribution in [-0.4, -0.2) is 29.5 Å². The Labute approximate surface area is 133 Å². The normalized spacial score (nSPS) is 21.8. The Balaban J connectivity index is 1.72. The molecule has 0 atom stereocenters. The molecule has 1 aromatic carbocycles. The maximum Gasteiger partial charge on any atom is 0.266 e. The van der Waals surface area contributed by atoms with Crippen LogP contribution >= 0.6 is 0 Å². The molecule has 0 radical (unpaired) electrons. The molecular weight excluding hydrogens is 274 g/mol. The van der Waals surface area contributed by atoms with E-state index >= 15 is 0 Å². The van der Waals surface area contributed by atoms with Crippen molar-refractivity contribution in [1.82, 2.24) is 4.90 Å². The number of hydrogen-bond donors (Lipinski definition) is 0. The lowest BCUT2D eigenvalue weighted by Crippen LogP contribution is -2.53. The maximum absolute atomic E-state index is 13.1. The van der Waals surface area contributed by atoms with Gasteiger partial charge in [0.1, 0.15) is 5.75 Å². The Kier molecular flexibility index (Phi) is 4.70. The summed E-state index contributed by atoms with van der Waals surface area (Å²) in [4.78, 5) is 15.2. The zero-order valence-electron chi connectivity index (χ0n) is 13.6. The summed E-state index contributed by atoms with van der Waals surface area (Å²) >= 11 is 0. The van der Waals surface area contributed by atoms with Crippen molar-refractivity contribution >= 4 is 5.91 Å². The third kappa shape index (κ3) is 3.13.